The molecule has 1 aromatic heterocycles. The maximum atomic E-state index is 12.1. The molecule has 21 heavy (non-hydrogen) atoms. The van der Waals surface area contributed by atoms with E-state index in [1.165, 1.54) is 12.8 Å². The number of carbonyl (C=O) groups is 1. The number of amides is 1. The van der Waals surface area contributed by atoms with E-state index in [2.05, 4.69) is 16.3 Å². The average Bonchev–Trinajstić information content (AvgIpc) is 3.19. The molecule has 4 heteroatoms. The van der Waals surface area contributed by atoms with E-state index < -0.39 is 0 Å². The van der Waals surface area contributed by atoms with Gasteiger partial charge in [0.25, 0.3) is 0 Å². The zero-order valence-corrected chi connectivity index (χ0v) is 12.6. The minimum atomic E-state index is -0.0879. The van der Waals surface area contributed by atoms with E-state index in [1.807, 2.05) is 41.8 Å². The molecule has 1 aromatic carbocycles. The average molecular weight is 298 g/mol. The number of rotatable bonds is 4. The van der Waals surface area contributed by atoms with E-state index in [9.17, 15) is 4.79 Å². The molecule has 0 radical (unpaired) electrons. The summed E-state index contributed by atoms with van der Waals surface area (Å²) in [6.45, 7) is 2.13. The molecular formula is C17H18N2OS. The second-order valence-electron chi connectivity index (χ2n) is 5.05. The number of carbonyl (C=O) groups excluding carboxylic acids is 1. The highest BCUT2D eigenvalue weighted by Gasteiger charge is 2.15. The summed E-state index contributed by atoms with van der Waals surface area (Å²) < 4.78 is 0. The molecule has 1 N–H and O–H groups in total. The van der Waals surface area contributed by atoms with Crippen molar-refractivity contribution in [3.63, 3.8) is 0 Å². The number of hydrogen-bond acceptors (Lipinski definition) is 3. The number of hydrogen-bond donors (Lipinski definition) is 1. The van der Waals surface area contributed by atoms with Crippen LogP contribution in [0.5, 0.6) is 0 Å². The number of nitrogens with zero attached hydrogens (tertiary/aromatic N) is 1. The summed E-state index contributed by atoms with van der Waals surface area (Å²) >= 11 is 1.62. The normalized spacial score (nSPS) is 14.8. The first-order chi connectivity index (χ1) is 10.3. The first-order valence-corrected chi connectivity index (χ1v) is 8.07. The van der Waals surface area contributed by atoms with E-state index in [0.717, 1.165) is 29.3 Å². The van der Waals surface area contributed by atoms with Crippen LogP contribution in [0.15, 0.2) is 47.9 Å². The van der Waals surface area contributed by atoms with E-state index in [0.29, 0.717) is 0 Å². The second kappa shape index (κ2) is 6.59. The standard InChI is InChI=1S/C17H18N2OS/c20-17(10-9-14-6-5-13-21-14)18-15-7-1-2-8-16(15)19-11-3-4-12-19/h1-2,5-10,13H,3-4,11-12H2,(H,18,20)/b10-9+. The van der Waals surface area contributed by atoms with Gasteiger partial charge in [-0.05, 0) is 42.5 Å². The first kappa shape index (κ1) is 13.9. The Labute approximate surface area is 128 Å². The van der Waals surface area contributed by atoms with Gasteiger partial charge < -0.3 is 10.2 Å². The minimum absolute atomic E-state index is 0.0879. The van der Waals surface area contributed by atoms with Gasteiger partial charge in [-0.25, -0.2) is 0 Å². The van der Waals surface area contributed by atoms with Crippen molar-refractivity contribution in [2.24, 2.45) is 0 Å². The van der Waals surface area contributed by atoms with Gasteiger partial charge in [-0.2, -0.15) is 0 Å². The van der Waals surface area contributed by atoms with Crippen molar-refractivity contribution in [2.45, 2.75) is 12.8 Å². The fourth-order valence-corrected chi connectivity index (χ4v) is 3.15. The Morgan fingerprint density at radius 1 is 1.14 bits per heavy atom. The van der Waals surface area contributed by atoms with Crippen LogP contribution in [0.4, 0.5) is 11.4 Å². The number of para-hydroxylation sites is 2. The maximum Gasteiger partial charge on any atom is 0.248 e. The van der Waals surface area contributed by atoms with Gasteiger partial charge in [-0.3, -0.25) is 4.79 Å². The molecule has 0 atom stereocenters. The summed E-state index contributed by atoms with van der Waals surface area (Å²) in [6.07, 6.45) is 5.88. The fourth-order valence-electron chi connectivity index (χ4n) is 2.53. The Balaban J connectivity index is 1.71. The Morgan fingerprint density at radius 2 is 1.95 bits per heavy atom. The van der Waals surface area contributed by atoms with Crippen molar-refractivity contribution in [3.8, 4) is 0 Å². The van der Waals surface area contributed by atoms with Crippen LogP contribution in [0, 0.1) is 0 Å². The highest BCUT2D eigenvalue weighted by molar-refractivity contribution is 7.10. The monoisotopic (exact) mass is 298 g/mol. The molecule has 1 saturated heterocycles. The lowest BCUT2D eigenvalue weighted by Crippen LogP contribution is -2.20. The van der Waals surface area contributed by atoms with Gasteiger partial charge in [0.05, 0.1) is 11.4 Å². The van der Waals surface area contributed by atoms with Crippen molar-refractivity contribution in [1.82, 2.24) is 0 Å². The van der Waals surface area contributed by atoms with Crippen LogP contribution >= 0.6 is 11.3 Å². The topological polar surface area (TPSA) is 32.3 Å². The Bertz CT molecular complexity index is 628. The number of anilines is 2. The van der Waals surface area contributed by atoms with E-state index >= 15 is 0 Å². The Hall–Kier alpha value is -2.07. The van der Waals surface area contributed by atoms with Crippen LogP contribution in [0.1, 0.15) is 17.7 Å². The highest BCUT2D eigenvalue weighted by atomic mass is 32.1. The molecule has 3 rings (SSSR count). The van der Waals surface area contributed by atoms with Gasteiger partial charge >= 0.3 is 0 Å². The van der Waals surface area contributed by atoms with Gasteiger partial charge in [-0.15, -0.1) is 11.3 Å². The molecule has 1 fully saturated rings. The van der Waals surface area contributed by atoms with E-state index in [-0.39, 0.29) is 5.91 Å². The second-order valence-corrected chi connectivity index (χ2v) is 6.03. The van der Waals surface area contributed by atoms with Crippen molar-refractivity contribution >= 4 is 34.7 Å². The summed E-state index contributed by atoms with van der Waals surface area (Å²) in [6, 6.07) is 12.0. The molecule has 0 saturated carbocycles. The van der Waals surface area contributed by atoms with Crippen LogP contribution in [-0.4, -0.2) is 19.0 Å². The Kier molecular flexibility index (Phi) is 4.36. The highest BCUT2D eigenvalue weighted by Crippen LogP contribution is 2.28. The number of nitrogens with one attached hydrogen (secondary N) is 1. The van der Waals surface area contributed by atoms with Gasteiger partial charge in [0, 0.05) is 24.0 Å². The lowest BCUT2D eigenvalue weighted by Gasteiger charge is -2.21. The molecule has 2 aromatic rings. The molecule has 1 aliphatic rings. The van der Waals surface area contributed by atoms with Crippen molar-refractivity contribution < 1.29 is 4.79 Å². The molecule has 3 nitrogen and oxygen atoms in total. The van der Waals surface area contributed by atoms with Gasteiger partial charge in [0.1, 0.15) is 0 Å². The van der Waals surface area contributed by atoms with E-state index in [1.54, 1.807) is 17.4 Å². The summed E-state index contributed by atoms with van der Waals surface area (Å²) in [5.41, 5.74) is 2.01. The molecule has 108 valence electrons. The lowest BCUT2D eigenvalue weighted by molar-refractivity contribution is -0.111. The molecule has 1 amide bonds. The summed E-state index contributed by atoms with van der Waals surface area (Å²) in [5, 5.41) is 4.99. The maximum absolute atomic E-state index is 12.1. The quantitative estimate of drug-likeness (QED) is 0.865. The molecule has 0 aliphatic carbocycles. The van der Waals surface area contributed by atoms with Crippen molar-refractivity contribution in [3.05, 3.63) is 52.7 Å². The summed E-state index contributed by atoms with van der Waals surface area (Å²) in [4.78, 5) is 15.5. The molecule has 0 spiro atoms. The Morgan fingerprint density at radius 3 is 2.71 bits per heavy atom. The van der Waals surface area contributed by atoms with Crippen LogP contribution in [0.25, 0.3) is 6.08 Å². The van der Waals surface area contributed by atoms with Gasteiger partial charge in [0.2, 0.25) is 5.91 Å². The minimum Gasteiger partial charge on any atom is -0.370 e. The molecular weight excluding hydrogens is 280 g/mol. The third kappa shape index (κ3) is 3.52. The predicted octanol–water partition coefficient (Wildman–Crippen LogP) is 4.00. The van der Waals surface area contributed by atoms with Crippen LogP contribution in [0.2, 0.25) is 0 Å². The van der Waals surface area contributed by atoms with Gasteiger partial charge in [-0.1, -0.05) is 18.2 Å². The predicted molar refractivity (Wildman–Crippen MR) is 89.9 cm³/mol. The van der Waals surface area contributed by atoms with E-state index in [4.69, 9.17) is 0 Å². The fraction of sp³-hybridized carbons (Fsp3) is 0.235. The summed E-state index contributed by atoms with van der Waals surface area (Å²) in [7, 11) is 0. The zero-order chi connectivity index (χ0) is 14.5. The SMILES string of the molecule is O=C(/C=C/c1cccs1)Nc1ccccc1N1CCCC1. The van der Waals surface area contributed by atoms with Crippen LogP contribution in [0.3, 0.4) is 0 Å². The van der Waals surface area contributed by atoms with Gasteiger partial charge in [0.15, 0.2) is 0 Å². The largest absolute Gasteiger partial charge is 0.370 e. The molecule has 1 aliphatic heterocycles. The number of thiophene rings is 1. The van der Waals surface area contributed by atoms with Crippen molar-refractivity contribution in [1.29, 1.82) is 0 Å². The first-order valence-electron chi connectivity index (χ1n) is 7.19. The summed E-state index contributed by atoms with van der Waals surface area (Å²) in [5.74, 6) is -0.0879. The smallest absolute Gasteiger partial charge is 0.248 e. The zero-order valence-electron chi connectivity index (χ0n) is 11.8. The molecule has 0 unspecified atom stereocenters. The number of benzene rings is 1. The third-order valence-corrected chi connectivity index (χ3v) is 4.39. The third-order valence-electron chi connectivity index (χ3n) is 3.55. The van der Waals surface area contributed by atoms with Crippen LogP contribution < -0.4 is 10.2 Å². The van der Waals surface area contributed by atoms with Crippen molar-refractivity contribution in [2.75, 3.05) is 23.3 Å². The van der Waals surface area contributed by atoms with Crippen LogP contribution in [-0.2, 0) is 4.79 Å². The molecule has 0 bridgehead atoms. The lowest BCUT2D eigenvalue weighted by atomic mass is 10.2. The molecule has 2 heterocycles.